The average molecular weight is 348 g/mol. The van der Waals surface area contributed by atoms with E-state index in [4.69, 9.17) is 18.0 Å². The largest absolute Gasteiger partial charge is 0.389 e. The number of rotatable bonds is 5. The van der Waals surface area contributed by atoms with Crippen LogP contribution in [0.3, 0.4) is 0 Å². The van der Waals surface area contributed by atoms with Crippen LogP contribution in [-0.4, -0.2) is 18.4 Å². The molecule has 0 amide bonds. The summed E-state index contributed by atoms with van der Waals surface area (Å²) in [5.41, 5.74) is 5.48. The van der Waals surface area contributed by atoms with Crippen LogP contribution in [0.25, 0.3) is 0 Å². The monoisotopic (exact) mass is 347 g/mol. The number of aromatic nitrogens is 1. The van der Waals surface area contributed by atoms with E-state index in [1.54, 1.807) is 19.2 Å². The predicted molar refractivity (Wildman–Crippen MR) is 85.8 cm³/mol. The molecule has 0 spiro atoms. The maximum Gasteiger partial charge on any atom is 0.250 e. The lowest BCUT2D eigenvalue weighted by Gasteiger charge is -2.10. The van der Waals surface area contributed by atoms with Gasteiger partial charge >= 0.3 is 0 Å². The summed E-state index contributed by atoms with van der Waals surface area (Å²) in [5, 5.41) is 0.734. The third kappa shape index (κ3) is 3.41. The van der Waals surface area contributed by atoms with Crippen LogP contribution in [-0.2, 0) is 10.0 Å². The van der Waals surface area contributed by atoms with Gasteiger partial charge in [0.15, 0.2) is 0 Å². The van der Waals surface area contributed by atoms with Gasteiger partial charge in [-0.2, -0.15) is 0 Å². The molecule has 0 saturated heterocycles. The van der Waals surface area contributed by atoms with Crippen molar-refractivity contribution in [2.24, 2.45) is 5.73 Å². The highest BCUT2D eigenvalue weighted by molar-refractivity contribution is 7.91. The third-order valence-corrected chi connectivity index (χ3v) is 7.03. The lowest BCUT2D eigenvalue weighted by molar-refractivity contribution is 0.568. The first-order chi connectivity index (χ1) is 9.29. The van der Waals surface area contributed by atoms with E-state index in [1.807, 2.05) is 6.92 Å². The first-order valence-corrected chi connectivity index (χ1v) is 9.16. The van der Waals surface area contributed by atoms with Crippen LogP contribution in [0.2, 0.25) is 0 Å². The van der Waals surface area contributed by atoms with Gasteiger partial charge in [0.1, 0.15) is 14.2 Å². The molecule has 5 nitrogen and oxygen atoms in total. The Morgan fingerprint density at radius 1 is 1.45 bits per heavy atom. The van der Waals surface area contributed by atoms with Crippen molar-refractivity contribution >= 4 is 49.9 Å². The van der Waals surface area contributed by atoms with Gasteiger partial charge in [-0.1, -0.05) is 12.2 Å². The Bertz CT molecular complexity index is 732. The molecule has 0 fully saturated rings. The predicted octanol–water partition coefficient (Wildman–Crippen LogP) is 2.19. The summed E-state index contributed by atoms with van der Waals surface area (Å²) >= 11 is 7.35. The molecular weight excluding hydrogens is 334 g/mol. The molecule has 1 unspecified atom stereocenters. The van der Waals surface area contributed by atoms with Crippen molar-refractivity contribution in [2.75, 3.05) is 0 Å². The maximum atomic E-state index is 12.3. The van der Waals surface area contributed by atoms with Crippen molar-refractivity contribution < 1.29 is 8.42 Å². The molecule has 0 radical (unpaired) electrons. The highest BCUT2D eigenvalue weighted by Gasteiger charge is 2.22. The van der Waals surface area contributed by atoms with Crippen molar-refractivity contribution in [2.45, 2.75) is 24.1 Å². The van der Waals surface area contributed by atoms with Crippen molar-refractivity contribution in [3.8, 4) is 0 Å². The van der Waals surface area contributed by atoms with E-state index in [9.17, 15) is 8.42 Å². The van der Waals surface area contributed by atoms with Gasteiger partial charge < -0.3 is 5.73 Å². The fraction of sp³-hybridized carbons (Fsp3) is 0.273. The lowest BCUT2D eigenvalue weighted by atomic mass is 10.4. The van der Waals surface area contributed by atoms with Crippen molar-refractivity contribution in [3.63, 3.8) is 0 Å². The summed E-state index contributed by atoms with van der Waals surface area (Å²) in [7, 11) is -3.59. The van der Waals surface area contributed by atoms with Gasteiger partial charge in [0, 0.05) is 11.1 Å². The fourth-order valence-corrected chi connectivity index (χ4v) is 4.94. The van der Waals surface area contributed by atoms with Gasteiger partial charge in [-0.25, -0.2) is 18.1 Å². The Balaban J connectivity index is 2.20. The SMILES string of the molecule is Cc1cnc(C(C)NS(=O)(=O)c2ccc(C(N)=S)s2)s1. The normalized spacial score (nSPS) is 13.3. The quantitative estimate of drug-likeness (QED) is 0.810. The van der Waals surface area contributed by atoms with Crippen LogP contribution in [0, 0.1) is 6.92 Å². The number of hydrogen-bond acceptors (Lipinski definition) is 6. The van der Waals surface area contributed by atoms with Crippen LogP contribution >= 0.6 is 34.9 Å². The van der Waals surface area contributed by atoms with E-state index in [0.717, 1.165) is 21.2 Å². The van der Waals surface area contributed by atoms with Gasteiger partial charge in [0.05, 0.1) is 10.9 Å². The number of nitrogens with one attached hydrogen (secondary N) is 1. The highest BCUT2D eigenvalue weighted by Crippen LogP contribution is 2.25. The zero-order valence-corrected chi connectivity index (χ0v) is 14.0. The number of aryl methyl sites for hydroxylation is 1. The lowest BCUT2D eigenvalue weighted by Crippen LogP contribution is -2.26. The smallest absolute Gasteiger partial charge is 0.250 e. The molecule has 3 N–H and O–H groups in total. The molecule has 0 aromatic carbocycles. The Morgan fingerprint density at radius 2 is 2.15 bits per heavy atom. The molecule has 0 aliphatic carbocycles. The molecule has 20 heavy (non-hydrogen) atoms. The number of thiazole rings is 1. The van der Waals surface area contributed by atoms with E-state index in [2.05, 4.69) is 9.71 Å². The molecule has 2 aromatic heterocycles. The number of nitrogens with two attached hydrogens (primary N) is 1. The summed E-state index contributed by atoms with van der Waals surface area (Å²) in [6.07, 6.45) is 1.72. The molecule has 108 valence electrons. The van der Waals surface area contributed by atoms with E-state index >= 15 is 0 Å². The Hall–Kier alpha value is -0.870. The van der Waals surface area contributed by atoms with Crippen LogP contribution in [0.15, 0.2) is 22.5 Å². The third-order valence-electron chi connectivity index (χ3n) is 2.43. The Labute approximate surface area is 130 Å². The van der Waals surface area contributed by atoms with E-state index < -0.39 is 10.0 Å². The first kappa shape index (κ1) is 15.5. The molecule has 0 bridgehead atoms. The molecule has 0 saturated carbocycles. The summed E-state index contributed by atoms with van der Waals surface area (Å²) < 4.78 is 27.3. The zero-order chi connectivity index (χ0) is 14.9. The molecular formula is C11H13N3O2S4. The van der Waals surface area contributed by atoms with Crippen LogP contribution in [0.1, 0.15) is 27.7 Å². The topological polar surface area (TPSA) is 85.1 Å². The fourth-order valence-electron chi connectivity index (χ4n) is 1.51. The van der Waals surface area contributed by atoms with Crippen molar-refractivity contribution in [3.05, 3.63) is 33.1 Å². The molecule has 2 aromatic rings. The Morgan fingerprint density at radius 3 is 2.65 bits per heavy atom. The first-order valence-electron chi connectivity index (χ1n) is 5.64. The molecule has 2 heterocycles. The standard InChI is InChI=1S/C11H13N3O2S4/c1-6-5-13-11(18-6)7(2)14-20(15,16)9-4-3-8(19-9)10(12)17/h3-5,7,14H,1-2H3,(H2,12,17). The molecule has 0 aliphatic heterocycles. The summed E-state index contributed by atoms with van der Waals surface area (Å²) in [6.45, 7) is 3.69. The molecule has 0 aliphatic rings. The second-order valence-electron chi connectivity index (χ2n) is 4.14. The van der Waals surface area contributed by atoms with Gasteiger partial charge in [-0.3, -0.25) is 0 Å². The minimum atomic E-state index is -3.59. The summed E-state index contributed by atoms with van der Waals surface area (Å²) in [4.78, 5) is 6.00. The number of sulfonamides is 1. The Kier molecular flexibility index (Phi) is 4.55. The van der Waals surface area contributed by atoms with E-state index in [0.29, 0.717) is 4.88 Å². The number of nitrogens with zero attached hydrogens (tertiary/aromatic N) is 1. The molecule has 1 atom stereocenters. The van der Waals surface area contributed by atoms with Crippen LogP contribution in [0.4, 0.5) is 0 Å². The van der Waals surface area contributed by atoms with Crippen molar-refractivity contribution in [1.29, 1.82) is 0 Å². The van der Waals surface area contributed by atoms with Gasteiger partial charge in [-0.05, 0) is 26.0 Å². The number of thiophene rings is 1. The highest BCUT2D eigenvalue weighted by atomic mass is 32.2. The minimum Gasteiger partial charge on any atom is -0.389 e. The number of hydrogen-bond donors (Lipinski definition) is 2. The number of thiocarbonyl (C=S) groups is 1. The zero-order valence-electron chi connectivity index (χ0n) is 10.8. The van der Waals surface area contributed by atoms with Crippen LogP contribution < -0.4 is 10.5 Å². The van der Waals surface area contributed by atoms with Gasteiger partial charge in [0.25, 0.3) is 10.0 Å². The van der Waals surface area contributed by atoms with Gasteiger partial charge in [0.2, 0.25) is 0 Å². The summed E-state index contributed by atoms with van der Waals surface area (Å²) in [5.74, 6) is 0. The molecule has 2 rings (SSSR count). The minimum absolute atomic E-state index is 0.194. The second-order valence-corrected chi connectivity index (χ2v) is 8.87. The van der Waals surface area contributed by atoms with Crippen LogP contribution in [0.5, 0.6) is 0 Å². The summed E-state index contributed by atoms with van der Waals surface area (Å²) in [6, 6.07) is 2.73. The van der Waals surface area contributed by atoms with Crippen molar-refractivity contribution in [1.82, 2.24) is 9.71 Å². The van der Waals surface area contributed by atoms with E-state index in [1.165, 1.54) is 17.4 Å². The van der Waals surface area contributed by atoms with E-state index in [-0.39, 0.29) is 15.2 Å². The average Bonchev–Trinajstić information content (AvgIpc) is 2.96. The maximum absolute atomic E-state index is 12.3. The van der Waals surface area contributed by atoms with Gasteiger partial charge in [-0.15, -0.1) is 22.7 Å². The second kappa shape index (κ2) is 5.86. The molecule has 9 heteroatoms.